The predicted molar refractivity (Wildman–Crippen MR) is 36.6 cm³/mol. The summed E-state index contributed by atoms with van der Waals surface area (Å²) in [6.07, 6.45) is 1.70. The summed E-state index contributed by atoms with van der Waals surface area (Å²) < 4.78 is 4.52. The summed E-state index contributed by atoms with van der Waals surface area (Å²) in [7, 11) is 1.37. The molecule has 56 valence electrons. The zero-order chi connectivity index (χ0) is 7.56. The molecule has 1 N–H and O–H groups in total. The maximum Gasteiger partial charge on any atom is 0.330 e. The van der Waals surface area contributed by atoms with Gasteiger partial charge in [-0.2, -0.15) is 5.10 Å². The van der Waals surface area contributed by atoms with Gasteiger partial charge in [-0.3, -0.25) is 5.43 Å². The van der Waals surface area contributed by atoms with Crippen LogP contribution in [0.15, 0.2) is 5.10 Å². The third-order valence-corrected chi connectivity index (χ3v) is 1.50. The molecule has 0 saturated heterocycles. The quantitative estimate of drug-likeness (QED) is 0.514. The number of hydrogen-bond acceptors (Lipinski definition) is 4. The zero-order valence-corrected chi connectivity index (χ0v) is 6.00. The maximum atomic E-state index is 10.9. The molecule has 1 rings (SSSR count). The maximum absolute atomic E-state index is 10.9. The number of methoxy groups -OCH3 is 1. The minimum absolute atomic E-state index is 0.132. The van der Waals surface area contributed by atoms with E-state index in [2.05, 4.69) is 15.3 Å². The largest absolute Gasteiger partial charge is 0.467 e. The normalized spacial score (nSPS) is 29.8. The molecule has 0 aromatic carbocycles. The van der Waals surface area contributed by atoms with Crippen LogP contribution in [0.5, 0.6) is 0 Å². The summed E-state index contributed by atoms with van der Waals surface area (Å²) in [6.45, 7) is 1.91. The first-order chi connectivity index (χ1) is 4.75. The average Bonchev–Trinajstić information content (AvgIpc) is 2.34. The Morgan fingerprint density at radius 1 is 1.80 bits per heavy atom. The van der Waals surface area contributed by atoms with Crippen molar-refractivity contribution in [3.05, 3.63) is 0 Å². The molecule has 1 heterocycles. The Labute approximate surface area is 59.2 Å². The first-order valence-corrected chi connectivity index (χ1v) is 3.12. The Balaban J connectivity index is 2.51. The van der Waals surface area contributed by atoms with Gasteiger partial charge in [0.25, 0.3) is 0 Å². The lowest BCUT2D eigenvalue weighted by molar-refractivity contribution is -0.143. The highest BCUT2D eigenvalue weighted by molar-refractivity contribution is 5.82. The molecule has 2 atom stereocenters. The van der Waals surface area contributed by atoms with E-state index in [9.17, 15) is 4.79 Å². The van der Waals surface area contributed by atoms with E-state index < -0.39 is 0 Å². The molecule has 1 aliphatic heterocycles. The standard InChI is InChI=1S/C6H10N2O2/c1-4-3-7-8-5(4)6(9)10-2/h3-5,8H,1-2H3. The van der Waals surface area contributed by atoms with Crippen LogP contribution in [0.3, 0.4) is 0 Å². The number of hydrazone groups is 1. The average molecular weight is 142 g/mol. The minimum Gasteiger partial charge on any atom is -0.467 e. The highest BCUT2D eigenvalue weighted by Crippen LogP contribution is 2.06. The predicted octanol–water partition coefficient (Wildman–Crippen LogP) is -0.247. The van der Waals surface area contributed by atoms with Gasteiger partial charge in [-0.25, -0.2) is 4.79 Å². The molecule has 4 heteroatoms. The van der Waals surface area contributed by atoms with Gasteiger partial charge in [0.05, 0.1) is 7.11 Å². The lowest BCUT2D eigenvalue weighted by atomic mass is 10.1. The Hall–Kier alpha value is -1.06. The van der Waals surface area contributed by atoms with Crippen molar-refractivity contribution in [3.8, 4) is 0 Å². The monoisotopic (exact) mass is 142 g/mol. The van der Waals surface area contributed by atoms with Crippen LogP contribution in [0.25, 0.3) is 0 Å². The lowest BCUT2D eigenvalue weighted by Gasteiger charge is -2.10. The summed E-state index contributed by atoms with van der Waals surface area (Å²) in [6, 6.07) is -0.287. The van der Waals surface area contributed by atoms with E-state index in [1.54, 1.807) is 6.21 Å². The summed E-state index contributed by atoms with van der Waals surface area (Å²) in [5.74, 6) is -0.127. The van der Waals surface area contributed by atoms with E-state index in [-0.39, 0.29) is 17.9 Å². The van der Waals surface area contributed by atoms with Crippen molar-refractivity contribution in [2.24, 2.45) is 11.0 Å². The molecule has 0 fully saturated rings. The van der Waals surface area contributed by atoms with Crippen molar-refractivity contribution >= 4 is 12.2 Å². The summed E-state index contributed by atoms with van der Waals surface area (Å²) in [5.41, 5.74) is 2.65. The molecule has 10 heavy (non-hydrogen) atoms. The number of rotatable bonds is 1. The molecule has 1 aliphatic rings. The van der Waals surface area contributed by atoms with E-state index in [4.69, 9.17) is 0 Å². The van der Waals surface area contributed by atoms with Crippen molar-refractivity contribution < 1.29 is 9.53 Å². The summed E-state index contributed by atoms with van der Waals surface area (Å²) in [5, 5.41) is 3.74. The number of nitrogens with one attached hydrogen (secondary N) is 1. The molecule has 0 saturated carbocycles. The van der Waals surface area contributed by atoms with Crippen LogP contribution >= 0.6 is 0 Å². The van der Waals surface area contributed by atoms with E-state index >= 15 is 0 Å². The first-order valence-electron chi connectivity index (χ1n) is 3.12. The Morgan fingerprint density at radius 2 is 2.50 bits per heavy atom. The van der Waals surface area contributed by atoms with Crippen molar-refractivity contribution in [2.75, 3.05) is 7.11 Å². The fraction of sp³-hybridized carbons (Fsp3) is 0.667. The van der Waals surface area contributed by atoms with Gasteiger partial charge < -0.3 is 4.74 Å². The van der Waals surface area contributed by atoms with Crippen LogP contribution in [-0.2, 0) is 9.53 Å². The van der Waals surface area contributed by atoms with Gasteiger partial charge in [-0.15, -0.1) is 0 Å². The fourth-order valence-corrected chi connectivity index (χ4v) is 0.839. The molecular weight excluding hydrogens is 132 g/mol. The molecule has 2 unspecified atom stereocenters. The smallest absolute Gasteiger partial charge is 0.330 e. The molecule has 4 nitrogen and oxygen atoms in total. The van der Waals surface area contributed by atoms with Crippen LogP contribution in [0.2, 0.25) is 0 Å². The fourth-order valence-electron chi connectivity index (χ4n) is 0.839. The second-order valence-corrected chi connectivity index (χ2v) is 2.27. The van der Waals surface area contributed by atoms with Crippen molar-refractivity contribution in [1.29, 1.82) is 0 Å². The molecule has 0 aromatic heterocycles. The number of hydrogen-bond donors (Lipinski definition) is 1. The summed E-state index contributed by atoms with van der Waals surface area (Å²) >= 11 is 0. The van der Waals surface area contributed by atoms with Crippen LogP contribution in [0.1, 0.15) is 6.92 Å². The number of nitrogens with zero attached hydrogens (tertiary/aromatic N) is 1. The Morgan fingerprint density at radius 3 is 2.90 bits per heavy atom. The molecule has 0 spiro atoms. The second-order valence-electron chi connectivity index (χ2n) is 2.27. The van der Waals surface area contributed by atoms with E-state index in [0.717, 1.165) is 0 Å². The second kappa shape index (κ2) is 2.68. The van der Waals surface area contributed by atoms with Gasteiger partial charge in [0.15, 0.2) is 0 Å². The highest BCUT2D eigenvalue weighted by atomic mass is 16.5. The van der Waals surface area contributed by atoms with Crippen LogP contribution in [-0.4, -0.2) is 25.3 Å². The van der Waals surface area contributed by atoms with E-state index in [1.165, 1.54) is 7.11 Å². The molecule has 0 radical (unpaired) electrons. The molecule has 0 aromatic rings. The van der Waals surface area contributed by atoms with Gasteiger partial charge in [-0.1, -0.05) is 6.92 Å². The van der Waals surface area contributed by atoms with Crippen LogP contribution < -0.4 is 5.43 Å². The first kappa shape index (κ1) is 7.05. The molecule has 0 amide bonds. The Bertz CT molecular complexity index is 167. The van der Waals surface area contributed by atoms with Crippen LogP contribution in [0, 0.1) is 5.92 Å². The highest BCUT2D eigenvalue weighted by Gasteiger charge is 2.27. The van der Waals surface area contributed by atoms with Crippen molar-refractivity contribution in [3.63, 3.8) is 0 Å². The SMILES string of the molecule is COC(=O)C1NN=CC1C. The third kappa shape index (κ3) is 1.10. The van der Waals surface area contributed by atoms with Crippen molar-refractivity contribution in [2.45, 2.75) is 13.0 Å². The van der Waals surface area contributed by atoms with Crippen molar-refractivity contribution in [1.82, 2.24) is 5.43 Å². The van der Waals surface area contributed by atoms with Crippen LogP contribution in [0.4, 0.5) is 0 Å². The lowest BCUT2D eigenvalue weighted by Crippen LogP contribution is -2.35. The van der Waals surface area contributed by atoms with E-state index in [1.807, 2.05) is 6.92 Å². The van der Waals surface area contributed by atoms with Gasteiger partial charge in [0.2, 0.25) is 0 Å². The van der Waals surface area contributed by atoms with Gasteiger partial charge in [0.1, 0.15) is 6.04 Å². The van der Waals surface area contributed by atoms with Gasteiger partial charge in [-0.05, 0) is 0 Å². The van der Waals surface area contributed by atoms with Gasteiger partial charge in [0, 0.05) is 12.1 Å². The number of ether oxygens (including phenoxy) is 1. The number of carbonyl (C=O) groups is 1. The third-order valence-electron chi connectivity index (χ3n) is 1.50. The summed E-state index contributed by atoms with van der Waals surface area (Å²) in [4.78, 5) is 10.9. The van der Waals surface area contributed by atoms with E-state index in [0.29, 0.717) is 0 Å². The molecule has 0 bridgehead atoms. The topological polar surface area (TPSA) is 50.7 Å². The zero-order valence-electron chi connectivity index (χ0n) is 6.00. The molecule has 0 aliphatic carbocycles. The molecular formula is C6H10N2O2. The minimum atomic E-state index is -0.287. The number of esters is 1. The Kier molecular flexibility index (Phi) is 1.89. The number of carbonyl (C=O) groups excluding carboxylic acids is 1. The van der Waals surface area contributed by atoms with Gasteiger partial charge >= 0.3 is 5.97 Å².